The topological polar surface area (TPSA) is 101 Å². The summed E-state index contributed by atoms with van der Waals surface area (Å²) in [6.07, 6.45) is -0.105. The number of nitrogens with one attached hydrogen (secondary N) is 2. The van der Waals surface area contributed by atoms with Crippen molar-refractivity contribution >= 4 is 23.3 Å². The lowest BCUT2D eigenvalue weighted by molar-refractivity contribution is -0.137. The van der Waals surface area contributed by atoms with Crippen LogP contribution in [0.15, 0.2) is 64.5 Å². The number of thioether (sulfide) groups is 1. The van der Waals surface area contributed by atoms with Gasteiger partial charge < -0.3 is 5.32 Å². The minimum absolute atomic E-state index is 0.0152. The second-order valence-corrected chi connectivity index (χ2v) is 8.52. The Labute approximate surface area is 196 Å². The third-order valence-electron chi connectivity index (χ3n) is 4.94. The molecule has 2 heterocycles. The molecule has 0 radical (unpaired) electrons. The van der Waals surface area contributed by atoms with Crippen molar-refractivity contribution in [3.63, 3.8) is 0 Å². The fourth-order valence-corrected chi connectivity index (χ4v) is 4.07. The van der Waals surface area contributed by atoms with Crippen LogP contribution in [0.1, 0.15) is 23.9 Å². The normalized spacial score (nSPS) is 11.5. The van der Waals surface area contributed by atoms with Gasteiger partial charge in [0.15, 0.2) is 11.6 Å². The molecule has 0 fully saturated rings. The molecule has 34 heavy (non-hydrogen) atoms. The molecule has 0 unspecified atom stereocenters. The zero-order chi connectivity index (χ0) is 24.1. The molecule has 2 aromatic heterocycles. The van der Waals surface area contributed by atoms with Crippen LogP contribution in [0, 0.1) is 0 Å². The van der Waals surface area contributed by atoms with Crippen molar-refractivity contribution in [3.8, 4) is 5.69 Å². The van der Waals surface area contributed by atoms with Gasteiger partial charge in [-0.15, -0.1) is 22.0 Å². The fourth-order valence-electron chi connectivity index (χ4n) is 3.27. The highest BCUT2D eigenvalue weighted by Crippen LogP contribution is 2.36. The van der Waals surface area contributed by atoms with E-state index in [1.807, 2.05) is 31.2 Å². The predicted octanol–water partition coefficient (Wildman–Crippen LogP) is 4.41. The number of aryl methyl sites for hydroxylation is 2. The maximum atomic E-state index is 13.1. The van der Waals surface area contributed by atoms with E-state index in [0.29, 0.717) is 40.7 Å². The number of aromatic amines is 1. The van der Waals surface area contributed by atoms with Crippen LogP contribution in [0.3, 0.4) is 0 Å². The number of hydrogen-bond donors (Lipinski definition) is 2. The third kappa shape index (κ3) is 5.45. The molecule has 0 bridgehead atoms. The number of halogens is 3. The Bertz CT molecular complexity index is 1310. The molecule has 2 aromatic carbocycles. The van der Waals surface area contributed by atoms with Crippen LogP contribution in [-0.2, 0) is 19.0 Å². The van der Waals surface area contributed by atoms with Gasteiger partial charge in [0.25, 0.3) is 5.56 Å². The quantitative estimate of drug-likeness (QED) is 0.355. The highest BCUT2D eigenvalue weighted by Gasteiger charge is 2.31. The van der Waals surface area contributed by atoms with Gasteiger partial charge in [-0.1, -0.05) is 24.3 Å². The van der Waals surface area contributed by atoms with E-state index in [9.17, 15) is 18.0 Å². The summed E-state index contributed by atoms with van der Waals surface area (Å²) in [5.74, 6) is 1.21. The van der Waals surface area contributed by atoms with Crippen LogP contribution >= 0.6 is 11.8 Å². The molecule has 0 aliphatic rings. The van der Waals surface area contributed by atoms with Crippen LogP contribution in [0.5, 0.6) is 0 Å². The number of benzene rings is 2. The first-order valence-electron chi connectivity index (χ1n) is 10.4. The number of alkyl halides is 3. The average Bonchev–Trinajstić information content (AvgIpc) is 3.34. The summed E-state index contributed by atoms with van der Waals surface area (Å²) in [7, 11) is 0. The van der Waals surface area contributed by atoms with E-state index in [1.165, 1.54) is 34.8 Å². The lowest BCUT2D eigenvalue weighted by atomic mass is 10.1. The number of aromatic nitrogens is 6. The molecule has 0 amide bonds. The Morgan fingerprint density at radius 2 is 1.91 bits per heavy atom. The van der Waals surface area contributed by atoms with Gasteiger partial charge in [-0.2, -0.15) is 18.4 Å². The Balaban J connectivity index is 1.56. The SMILES string of the molecule is CCSc1cc(C(F)(F)F)ccc1Nc1nccn(-c2ccc(CCc3nn[nH]n3)cc2)c1=O. The van der Waals surface area contributed by atoms with Crippen LogP contribution in [-0.4, -0.2) is 35.9 Å². The number of tetrazole rings is 1. The highest BCUT2D eigenvalue weighted by atomic mass is 32.2. The van der Waals surface area contributed by atoms with Gasteiger partial charge in [-0.3, -0.25) is 9.36 Å². The van der Waals surface area contributed by atoms with E-state index in [-0.39, 0.29) is 5.82 Å². The highest BCUT2D eigenvalue weighted by molar-refractivity contribution is 7.99. The lowest BCUT2D eigenvalue weighted by Crippen LogP contribution is -2.22. The van der Waals surface area contributed by atoms with Crippen molar-refractivity contribution in [2.75, 3.05) is 11.1 Å². The molecular formula is C22H20F3N7OS. The van der Waals surface area contributed by atoms with E-state index in [1.54, 1.807) is 0 Å². The third-order valence-corrected chi connectivity index (χ3v) is 5.88. The number of rotatable bonds is 8. The van der Waals surface area contributed by atoms with Crippen molar-refractivity contribution < 1.29 is 13.2 Å². The van der Waals surface area contributed by atoms with Gasteiger partial charge in [-0.25, -0.2) is 4.98 Å². The molecule has 0 aliphatic heterocycles. The molecule has 2 N–H and O–H groups in total. The van der Waals surface area contributed by atoms with Crippen molar-refractivity contribution in [1.82, 2.24) is 30.2 Å². The minimum Gasteiger partial charge on any atom is -0.335 e. The molecule has 0 saturated heterocycles. The van der Waals surface area contributed by atoms with E-state index in [4.69, 9.17) is 0 Å². The van der Waals surface area contributed by atoms with Gasteiger partial charge in [-0.05, 0) is 48.1 Å². The van der Waals surface area contributed by atoms with Crippen LogP contribution < -0.4 is 10.9 Å². The van der Waals surface area contributed by atoms with E-state index in [2.05, 4.69) is 30.9 Å². The molecule has 0 aliphatic carbocycles. The Hall–Kier alpha value is -3.67. The number of H-pyrrole nitrogens is 1. The molecule has 12 heteroatoms. The zero-order valence-electron chi connectivity index (χ0n) is 18.0. The van der Waals surface area contributed by atoms with Gasteiger partial charge >= 0.3 is 6.18 Å². The first-order chi connectivity index (χ1) is 16.3. The fraction of sp³-hybridized carbons (Fsp3) is 0.227. The molecule has 0 atom stereocenters. The Kier molecular flexibility index (Phi) is 6.96. The maximum Gasteiger partial charge on any atom is 0.416 e. The van der Waals surface area contributed by atoms with Crippen LogP contribution in [0.2, 0.25) is 0 Å². The second kappa shape index (κ2) is 10.1. The van der Waals surface area contributed by atoms with Gasteiger partial charge in [0.1, 0.15) is 0 Å². The number of anilines is 2. The molecular weight excluding hydrogens is 467 g/mol. The first-order valence-corrected chi connectivity index (χ1v) is 11.3. The first kappa shape index (κ1) is 23.5. The molecule has 0 saturated carbocycles. The lowest BCUT2D eigenvalue weighted by Gasteiger charge is -2.14. The van der Waals surface area contributed by atoms with Crippen LogP contribution in [0.4, 0.5) is 24.7 Å². The Morgan fingerprint density at radius 1 is 1.12 bits per heavy atom. The largest absolute Gasteiger partial charge is 0.416 e. The summed E-state index contributed by atoms with van der Waals surface area (Å²) in [4.78, 5) is 17.6. The summed E-state index contributed by atoms with van der Waals surface area (Å²) in [6.45, 7) is 1.84. The molecule has 4 rings (SSSR count). The van der Waals surface area contributed by atoms with Gasteiger partial charge in [0.05, 0.1) is 11.3 Å². The van der Waals surface area contributed by atoms with Crippen molar-refractivity contribution in [3.05, 3.63) is 82.2 Å². The van der Waals surface area contributed by atoms with Crippen LogP contribution in [0.25, 0.3) is 5.69 Å². The molecule has 8 nitrogen and oxygen atoms in total. The van der Waals surface area contributed by atoms with E-state index < -0.39 is 17.3 Å². The molecule has 4 aromatic rings. The molecule has 176 valence electrons. The summed E-state index contributed by atoms with van der Waals surface area (Å²) in [5, 5.41) is 16.7. The standard InChI is InChI=1S/C22H20F3N7OS/c1-2-34-18-13-15(22(23,24)25)6-9-17(18)27-20-21(33)32(12-11-26-20)16-7-3-14(4-8-16)5-10-19-28-30-31-29-19/h3-4,6-9,11-13H,2,5,10H2,1H3,(H,26,27)(H,28,29,30,31). The minimum atomic E-state index is -4.45. The summed E-state index contributed by atoms with van der Waals surface area (Å²) in [6, 6.07) is 10.8. The maximum absolute atomic E-state index is 13.1. The monoisotopic (exact) mass is 487 g/mol. The van der Waals surface area contributed by atoms with Crippen molar-refractivity contribution in [2.45, 2.75) is 30.8 Å². The predicted molar refractivity (Wildman–Crippen MR) is 123 cm³/mol. The van der Waals surface area contributed by atoms with E-state index >= 15 is 0 Å². The summed E-state index contributed by atoms with van der Waals surface area (Å²) < 4.78 is 40.8. The average molecular weight is 488 g/mol. The summed E-state index contributed by atoms with van der Waals surface area (Å²) in [5.41, 5.74) is 0.898. The summed E-state index contributed by atoms with van der Waals surface area (Å²) >= 11 is 1.25. The van der Waals surface area contributed by atoms with Crippen molar-refractivity contribution in [1.29, 1.82) is 0 Å². The number of hydrogen-bond acceptors (Lipinski definition) is 7. The van der Waals surface area contributed by atoms with Gasteiger partial charge in [0.2, 0.25) is 0 Å². The van der Waals surface area contributed by atoms with E-state index in [0.717, 1.165) is 17.7 Å². The van der Waals surface area contributed by atoms with Gasteiger partial charge in [0, 0.05) is 29.4 Å². The molecule has 0 spiro atoms. The zero-order valence-corrected chi connectivity index (χ0v) is 18.8. The smallest absolute Gasteiger partial charge is 0.335 e. The Morgan fingerprint density at radius 3 is 2.59 bits per heavy atom. The van der Waals surface area contributed by atoms with Crippen molar-refractivity contribution in [2.24, 2.45) is 0 Å². The second-order valence-electron chi connectivity index (χ2n) is 7.21. The number of nitrogens with zero attached hydrogens (tertiary/aromatic N) is 5.